The van der Waals surface area contributed by atoms with Crippen molar-refractivity contribution in [1.29, 1.82) is 0 Å². The molecule has 7 nitrogen and oxygen atoms in total. The Morgan fingerprint density at radius 2 is 2.08 bits per heavy atom. The number of carboxylic acids is 1. The molecule has 0 saturated carbocycles. The van der Waals surface area contributed by atoms with Crippen molar-refractivity contribution in [2.24, 2.45) is 5.10 Å². The fourth-order valence-corrected chi connectivity index (χ4v) is 2.93. The lowest BCUT2D eigenvalue weighted by Gasteiger charge is -2.04. The molecule has 26 heavy (non-hydrogen) atoms. The number of carbonyl (C=O) groups excluding carboxylic acids is 1. The molecular weight excluding hydrogens is 352 g/mol. The summed E-state index contributed by atoms with van der Waals surface area (Å²) in [6, 6.07) is 9.81. The van der Waals surface area contributed by atoms with E-state index < -0.39 is 5.97 Å². The Morgan fingerprint density at radius 1 is 1.31 bits per heavy atom. The zero-order valence-corrected chi connectivity index (χ0v) is 15.2. The van der Waals surface area contributed by atoms with Crippen LogP contribution in [0.2, 0.25) is 0 Å². The van der Waals surface area contributed by atoms with Gasteiger partial charge in [-0.2, -0.15) is 9.78 Å². The Balaban J connectivity index is 1.95. The van der Waals surface area contributed by atoms with Gasteiger partial charge in [-0.25, -0.2) is 0 Å². The van der Waals surface area contributed by atoms with E-state index in [4.69, 9.17) is 4.42 Å². The average Bonchev–Trinajstić information content (AvgIpc) is 3.24. The Hall–Kier alpha value is -2.87. The number of carbonyl (C=O) groups is 1. The third kappa shape index (κ3) is 4.02. The SMILES string of the molecule is CCc1ccc(/C=N\n2c(SCC(=O)[O-])nnc2-c2ccoc2C)cc1. The summed E-state index contributed by atoms with van der Waals surface area (Å²) in [4.78, 5) is 10.8. The van der Waals surface area contributed by atoms with Crippen molar-refractivity contribution in [2.45, 2.75) is 25.4 Å². The Labute approximate surface area is 154 Å². The van der Waals surface area contributed by atoms with E-state index in [1.165, 1.54) is 10.2 Å². The average molecular weight is 369 g/mol. The Kier molecular flexibility index (Phi) is 5.52. The number of nitrogens with zero attached hydrogens (tertiary/aromatic N) is 4. The molecule has 1 aromatic carbocycles. The number of carboxylic acid groups (broad SMARTS) is 1. The highest BCUT2D eigenvalue weighted by Crippen LogP contribution is 2.26. The summed E-state index contributed by atoms with van der Waals surface area (Å²) in [6.07, 6.45) is 4.21. The quantitative estimate of drug-likeness (QED) is 0.468. The van der Waals surface area contributed by atoms with E-state index in [-0.39, 0.29) is 5.75 Å². The summed E-state index contributed by atoms with van der Waals surface area (Å²) >= 11 is 1.00. The van der Waals surface area contributed by atoms with Crippen molar-refractivity contribution in [2.75, 3.05) is 5.75 Å². The van der Waals surface area contributed by atoms with Crippen molar-refractivity contribution in [1.82, 2.24) is 14.9 Å². The van der Waals surface area contributed by atoms with Gasteiger partial charge in [-0.1, -0.05) is 43.0 Å². The summed E-state index contributed by atoms with van der Waals surface area (Å²) in [5, 5.41) is 23.8. The van der Waals surface area contributed by atoms with E-state index in [1.807, 2.05) is 31.2 Å². The number of hydrogen-bond donors (Lipinski definition) is 0. The molecule has 0 spiro atoms. The first-order chi connectivity index (χ1) is 12.6. The topological polar surface area (TPSA) is 96.3 Å². The van der Waals surface area contributed by atoms with Crippen LogP contribution in [0.25, 0.3) is 11.4 Å². The van der Waals surface area contributed by atoms with Crippen molar-refractivity contribution in [3.63, 3.8) is 0 Å². The number of hydrogen-bond acceptors (Lipinski definition) is 7. The van der Waals surface area contributed by atoms with Crippen LogP contribution in [0.5, 0.6) is 0 Å². The molecule has 0 unspecified atom stereocenters. The van der Waals surface area contributed by atoms with Gasteiger partial charge >= 0.3 is 0 Å². The van der Waals surface area contributed by atoms with Gasteiger partial charge in [-0.05, 0) is 30.5 Å². The fraction of sp³-hybridized carbons (Fsp3) is 0.222. The first-order valence-corrected chi connectivity index (χ1v) is 9.03. The van der Waals surface area contributed by atoms with Crippen LogP contribution >= 0.6 is 11.8 Å². The number of benzene rings is 1. The van der Waals surface area contributed by atoms with Gasteiger partial charge in [0.25, 0.3) is 0 Å². The maximum atomic E-state index is 10.8. The molecule has 134 valence electrons. The second-order valence-corrected chi connectivity index (χ2v) is 6.45. The number of aliphatic carboxylic acids is 1. The maximum absolute atomic E-state index is 10.8. The van der Waals surface area contributed by atoms with Crippen molar-refractivity contribution >= 4 is 23.9 Å². The molecular formula is C18H17N4O3S-. The number of thioether (sulfide) groups is 1. The van der Waals surface area contributed by atoms with E-state index in [0.717, 1.165) is 29.3 Å². The van der Waals surface area contributed by atoms with E-state index >= 15 is 0 Å². The molecule has 0 radical (unpaired) electrons. The zero-order valence-electron chi connectivity index (χ0n) is 14.4. The minimum Gasteiger partial charge on any atom is -0.549 e. The van der Waals surface area contributed by atoms with Gasteiger partial charge < -0.3 is 14.3 Å². The first kappa shape index (κ1) is 17.9. The molecule has 0 atom stereocenters. The third-order valence-electron chi connectivity index (χ3n) is 3.74. The summed E-state index contributed by atoms with van der Waals surface area (Å²) in [5.41, 5.74) is 2.91. The largest absolute Gasteiger partial charge is 0.549 e. The molecule has 0 amide bonds. The molecule has 3 rings (SSSR count). The van der Waals surface area contributed by atoms with Gasteiger partial charge in [-0.3, -0.25) is 0 Å². The second kappa shape index (κ2) is 8.01. The maximum Gasteiger partial charge on any atom is 0.212 e. The third-order valence-corrected chi connectivity index (χ3v) is 4.63. The monoisotopic (exact) mass is 369 g/mol. The molecule has 0 aliphatic rings. The molecule has 0 aliphatic carbocycles. The van der Waals surface area contributed by atoms with E-state index in [1.54, 1.807) is 18.5 Å². The first-order valence-electron chi connectivity index (χ1n) is 8.04. The van der Waals surface area contributed by atoms with Crippen LogP contribution in [0.15, 0.2) is 51.3 Å². The molecule has 0 bridgehead atoms. The highest BCUT2D eigenvalue weighted by atomic mass is 32.2. The molecule has 0 saturated heterocycles. The van der Waals surface area contributed by atoms with Crippen LogP contribution in [-0.4, -0.2) is 32.8 Å². The predicted octanol–water partition coefficient (Wildman–Crippen LogP) is 2.13. The van der Waals surface area contributed by atoms with Crippen LogP contribution in [0.4, 0.5) is 0 Å². The van der Waals surface area contributed by atoms with Gasteiger partial charge in [0.1, 0.15) is 5.76 Å². The number of furan rings is 1. The summed E-state index contributed by atoms with van der Waals surface area (Å²) < 4.78 is 6.84. The molecule has 0 fully saturated rings. The Bertz CT molecular complexity index is 928. The smallest absolute Gasteiger partial charge is 0.212 e. The predicted molar refractivity (Wildman–Crippen MR) is 97.0 cm³/mol. The summed E-state index contributed by atoms with van der Waals surface area (Å²) in [7, 11) is 0. The van der Waals surface area contributed by atoms with E-state index in [2.05, 4.69) is 22.2 Å². The van der Waals surface area contributed by atoms with Crippen LogP contribution in [0, 0.1) is 6.92 Å². The minimum absolute atomic E-state index is 0.233. The van der Waals surface area contributed by atoms with Gasteiger partial charge in [0.05, 0.1) is 24.0 Å². The number of aryl methyl sites for hydroxylation is 2. The van der Waals surface area contributed by atoms with Crippen LogP contribution in [0.1, 0.15) is 23.8 Å². The molecule has 3 aromatic rings. The van der Waals surface area contributed by atoms with Gasteiger partial charge in [-0.15, -0.1) is 10.2 Å². The van der Waals surface area contributed by atoms with Crippen molar-refractivity contribution in [3.8, 4) is 11.4 Å². The highest BCUT2D eigenvalue weighted by Gasteiger charge is 2.17. The molecule has 0 N–H and O–H groups in total. The van der Waals surface area contributed by atoms with Gasteiger partial charge in [0.2, 0.25) is 5.16 Å². The standard InChI is InChI=1S/C18H18N4O3S/c1-3-13-4-6-14(7-5-13)10-19-22-17(15-8-9-25-12(15)2)20-21-18(22)26-11-16(23)24/h4-10H,3,11H2,1-2H3,(H,23,24)/p-1/b19-10-. The zero-order chi connectivity index (χ0) is 18.5. The minimum atomic E-state index is -1.18. The highest BCUT2D eigenvalue weighted by molar-refractivity contribution is 7.99. The second-order valence-electron chi connectivity index (χ2n) is 5.51. The number of aromatic nitrogens is 3. The van der Waals surface area contributed by atoms with Crippen LogP contribution < -0.4 is 5.11 Å². The van der Waals surface area contributed by atoms with Gasteiger partial charge in [0.15, 0.2) is 5.82 Å². The van der Waals surface area contributed by atoms with E-state index in [9.17, 15) is 9.90 Å². The van der Waals surface area contributed by atoms with Gasteiger partial charge in [0, 0.05) is 5.75 Å². The fourth-order valence-electron chi connectivity index (χ4n) is 2.33. The summed E-state index contributed by atoms with van der Waals surface area (Å²) in [5.74, 6) is -0.246. The van der Waals surface area contributed by atoms with Crippen LogP contribution in [0.3, 0.4) is 0 Å². The normalized spacial score (nSPS) is 11.3. The lowest BCUT2D eigenvalue weighted by molar-refractivity contribution is -0.301. The van der Waals surface area contributed by atoms with Crippen molar-refractivity contribution < 1.29 is 14.3 Å². The molecule has 2 heterocycles. The molecule has 0 aliphatic heterocycles. The molecule has 2 aromatic heterocycles. The lowest BCUT2D eigenvalue weighted by atomic mass is 10.1. The summed E-state index contributed by atoms with van der Waals surface area (Å²) in [6.45, 7) is 3.91. The van der Waals surface area contributed by atoms with Crippen molar-refractivity contribution in [3.05, 3.63) is 53.5 Å². The Morgan fingerprint density at radius 3 is 2.69 bits per heavy atom. The lowest BCUT2D eigenvalue weighted by Crippen LogP contribution is -2.24. The van der Waals surface area contributed by atoms with Crippen LogP contribution in [-0.2, 0) is 11.2 Å². The number of rotatable bonds is 7. The molecule has 8 heteroatoms. The van der Waals surface area contributed by atoms with E-state index in [0.29, 0.717) is 16.7 Å².